The zero-order chi connectivity index (χ0) is 17.1. The molecule has 1 atom stereocenters. The number of hydrogen-bond donors (Lipinski definition) is 1. The third kappa shape index (κ3) is 3.47. The number of para-hydroxylation sites is 1. The number of thioether (sulfide) groups is 1. The molecule has 3 rings (SSSR count). The highest BCUT2D eigenvalue weighted by atomic mass is 35.5. The summed E-state index contributed by atoms with van der Waals surface area (Å²) in [5.74, 6) is 1.09. The maximum atomic E-state index is 12.3. The Morgan fingerprint density at radius 2 is 2.08 bits per heavy atom. The topological polar surface area (TPSA) is 73.0 Å². The fourth-order valence-corrected chi connectivity index (χ4v) is 3.04. The molecule has 0 radical (unpaired) electrons. The minimum Gasteiger partial charge on any atom is -0.461 e. The van der Waals surface area contributed by atoms with Crippen LogP contribution < -0.4 is 5.32 Å². The van der Waals surface area contributed by atoms with E-state index in [1.54, 1.807) is 36.0 Å². The number of aromatic nitrogens is 3. The Morgan fingerprint density at radius 1 is 1.29 bits per heavy atom. The van der Waals surface area contributed by atoms with E-state index >= 15 is 0 Å². The van der Waals surface area contributed by atoms with E-state index in [-0.39, 0.29) is 11.2 Å². The van der Waals surface area contributed by atoms with Gasteiger partial charge in [-0.1, -0.05) is 35.5 Å². The molecule has 0 aliphatic heterocycles. The first-order chi connectivity index (χ1) is 11.6. The van der Waals surface area contributed by atoms with Gasteiger partial charge in [0.1, 0.15) is 0 Å². The second-order valence-corrected chi connectivity index (χ2v) is 6.79. The standard InChI is InChI=1S/C16H15ClN4O2S/c1-10(15(22)18-12-7-4-3-6-11(12)17)24-16-20-19-14(21(16)2)13-8-5-9-23-13/h3-10H,1-2H3,(H,18,22)/t10-/m1/s1. The Kier molecular flexibility index (Phi) is 4.92. The first kappa shape index (κ1) is 16.6. The summed E-state index contributed by atoms with van der Waals surface area (Å²) < 4.78 is 7.13. The summed E-state index contributed by atoms with van der Waals surface area (Å²) in [5, 5.41) is 11.8. The van der Waals surface area contributed by atoms with Crippen LogP contribution >= 0.6 is 23.4 Å². The number of anilines is 1. The molecular weight excluding hydrogens is 348 g/mol. The molecule has 24 heavy (non-hydrogen) atoms. The second kappa shape index (κ2) is 7.11. The molecule has 2 aromatic heterocycles. The summed E-state index contributed by atoms with van der Waals surface area (Å²) in [5.41, 5.74) is 0.589. The molecule has 0 spiro atoms. The Bertz CT molecular complexity index is 848. The van der Waals surface area contributed by atoms with E-state index in [4.69, 9.17) is 16.0 Å². The van der Waals surface area contributed by atoms with Gasteiger partial charge in [-0.3, -0.25) is 4.79 Å². The smallest absolute Gasteiger partial charge is 0.237 e. The average molecular weight is 363 g/mol. The van der Waals surface area contributed by atoms with Gasteiger partial charge in [-0.15, -0.1) is 10.2 Å². The highest BCUT2D eigenvalue weighted by molar-refractivity contribution is 8.00. The van der Waals surface area contributed by atoms with Crippen molar-refractivity contribution >= 4 is 35.0 Å². The van der Waals surface area contributed by atoms with E-state index < -0.39 is 0 Å². The predicted octanol–water partition coefficient (Wildman–Crippen LogP) is 3.85. The van der Waals surface area contributed by atoms with Gasteiger partial charge in [0, 0.05) is 7.05 Å². The number of nitrogens with one attached hydrogen (secondary N) is 1. The minimum absolute atomic E-state index is 0.157. The Hall–Kier alpha value is -2.25. The van der Waals surface area contributed by atoms with Gasteiger partial charge in [0.2, 0.25) is 5.91 Å². The normalized spacial score (nSPS) is 12.1. The Balaban J connectivity index is 1.70. The van der Waals surface area contributed by atoms with Crippen LogP contribution in [0.2, 0.25) is 5.02 Å². The fourth-order valence-electron chi connectivity index (χ4n) is 2.05. The molecule has 0 unspecified atom stereocenters. The average Bonchev–Trinajstić information content (AvgIpc) is 3.20. The van der Waals surface area contributed by atoms with Crippen LogP contribution in [-0.2, 0) is 11.8 Å². The van der Waals surface area contributed by atoms with Gasteiger partial charge in [0.15, 0.2) is 16.7 Å². The van der Waals surface area contributed by atoms with Crippen molar-refractivity contribution in [3.63, 3.8) is 0 Å². The molecule has 3 aromatic rings. The lowest BCUT2D eigenvalue weighted by atomic mass is 10.3. The van der Waals surface area contributed by atoms with E-state index in [0.717, 1.165) is 0 Å². The summed E-state index contributed by atoms with van der Waals surface area (Å²) in [6, 6.07) is 10.7. The molecule has 6 nitrogen and oxygen atoms in total. The van der Waals surface area contributed by atoms with Crippen molar-refractivity contribution < 1.29 is 9.21 Å². The van der Waals surface area contributed by atoms with E-state index in [9.17, 15) is 4.79 Å². The number of rotatable bonds is 5. The first-order valence-electron chi connectivity index (χ1n) is 7.21. The maximum Gasteiger partial charge on any atom is 0.237 e. The number of furan rings is 1. The summed E-state index contributed by atoms with van der Waals surface area (Å²) in [6.45, 7) is 1.80. The molecule has 8 heteroatoms. The number of carbonyl (C=O) groups is 1. The molecule has 0 saturated carbocycles. The van der Waals surface area contributed by atoms with Crippen molar-refractivity contribution in [3.05, 3.63) is 47.7 Å². The Morgan fingerprint density at radius 3 is 2.79 bits per heavy atom. The highest BCUT2D eigenvalue weighted by Crippen LogP contribution is 2.27. The Labute approximate surface area is 148 Å². The van der Waals surface area contributed by atoms with Crippen molar-refractivity contribution in [2.75, 3.05) is 5.32 Å². The molecule has 0 fully saturated rings. The molecule has 1 amide bonds. The molecule has 1 aromatic carbocycles. The van der Waals surface area contributed by atoms with Crippen molar-refractivity contribution in [2.24, 2.45) is 7.05 Å². The number of benzene rings is 1. The lowest BCUT2D eigenvalue weighted by molar-refractivity contribution is -0.115. The summed E-state index contributed by atoms with van der Waals surface area (Å²) in [7, 11) is 1.83. The highest BCUT2D eigenvalue weighted by Gasteiger charge is 2.20. The van der Waals surface area contributed by atoms with Gasteiger partial charge < -0.3 is 14.3 Å². The number of carbonyl (C=O) groups excluding carboxylic acids is 1. The lowest BCUT2D eigenvalue weighted by Crippen LogP contribution is -2.23. The van der Waals surface area contributed by atoms with Crippen LogP contribution in [0.25, 0.3) is 11.6 Å². The molecular formula is C16H15ClN4O2S. The lowest BCUT2D eigenvalue weighted by Gasteiger charge is -2.12. The van der Waals surface area contributed by atoms with Crippen molar-refractivity contribution in [3.8, 4) is 11.6 Å². The third-order valence-corrected chi connectivity index (χ3v) is 4.82. The van der Waals surface area contributed by atoms with Crippen LogP contribution in [0, 0.1) is 0 Å². The fraction of sp³-hybridized carbons (Fsp3) is 0.188. The van der Waals surface area contributed by atoms with Crippen molar-refractivity contribution in [2.45, 2.75) is 17.3 Å². The number of halogens is 1. The van der Waals surface area contributed by atoms with Gasteiger partial charge in [-0.25, -0.2) is 0 Å². The van der Waals surface area contributed by atoms with E-state index in [1.165, 1.54) is 11.8 Å². The van der Waals surface area contributed by atoms with Crippen molar-refractivity contribution in [1.82, 2.24) is 14.8 Å². The van der Waals surface area contributed by atoms with E-state index in [1.807, 2.05) is 25.2 Å². The zero-order valence-electron chi connectivity index (χ0n) is 13.1. The third-order valence-electron chi connectivity index (χ3n) is 3.36. The largest absolute Gasteiger partial charge is 0.461 e. The van der Waals surface area contributed by atoms with E-state index in [2.05, 4.69) is 15.5 Å². The molecule has 0 aliphatic rings. The molecule has 124 valence electrons. The number of hydrogen-bond acceptors (Lipinski definition) is 5. The first-order valence-corrected chi connectivity index (χ1v) is 8.47. The monoisotopic (exact) mass is 362 g/mol. The zero-order valence-corrected chi connectivity index (χ0v) is 14.6. The van der Waals surface area contributed by atoms with Gasteiger partial charge in [-0.2, -0.15) is 0 Å². The summed E-state index contributed by atoms with van der Waals surface area (Å²) >= 11 is 7.37. The van der Waals surface area contributed by atoms with Crippen molar-refractivity contribution in [1.29, 1.82) is 0 Å². The summed E-state index contributed by atoms with van der Waals surface area (Å²) in [6.07, 6.45) is 1.58. The van der Waals surface area contributed by atoms with Crippen LogP contribution in [-0.4, -0.2) is 25.9 Å². The van der Waals surface area contributed by atoms with E-state index in [0.29, 0.717) is 27.5 Å². The van der Waals surface area contributed by atoms with Crippen LogP contribution in [0.4, 0.5) is 5.69 Å². The van der Waals surface area contributed by atoms with Crippen LogP contribution in [0.3, 0.4) is 0 Å². The molecule has 0 bridgehead atoms. The quantitative estimate of drug-likeness (QED) is 0.698. The molecule has 0 aliphatic carbocycles. The van der Waals surface area contributed by atoms with Crippen LogP contribution in [0.15, 0.2) is 52.2 Å². The molecule has 1 N–H and O–H groups in total. The number of amides is 1. The molecule has 2 heterocycles. The van der Waals surface area contributed by atoms with Gasteiger partial charge >= 0.3 is 0 Å². The van der Waals surface area contributed by atoms with Crippen LogP contribution in [0.1, 0.15) is 6.92 Å². The maximum absolute atomic E-state index is 12.3. The SMILES string of the molecule is C[C@@H](Sc1nnc(-c2ccco2)n1C)C(=O)Nc1ccccc1Cl. The predicted molar refractivity (Wildman–Crippen MR) is 94.1 cm³/mol. The molecule has 0 saturated heterocycles. The summed E-state index contributed by atoms with van der Waals surface area (Å²) in [4.78, 5) is 12.3. The van der Waals surface area contributed by atoms with Gasteiger partial charge in [0.05, 0.1) is 22.2 Å². The van der Waals surface area contributed by atoms with Gasteiger partial charge in [0.25, 0.3) is 0 Å². The van der Waals surface area contributed by atoms with Gasteiger partial charge in [-0.05, 0) is 31.2 Å². The minimum atomic E-state index is -0.367. The van der Waals surface area contributed by atoms with Crippen LogP contribution in [0.5, 0.6) is 0 Å². The second-order valence-electron chi connectivity index (χ2n) is 5.07. The number of nitrogens with zero attached hydrogens (tertiary/aromatic N) is 3.